The summed E-state index contributed by atoms with van der Waals surface area (Å²) < 4.78 is 0. The van der Waals surface area contributed by atoms with Gasteiger partial charge in [-0.1, -0.05) is 12.1 Å². The monoisotopic (exact) mass is 325 g/mol. The molecule has 1 aliphatic rings. The third-order valence-corrected chi connectivity index (χ3v) is 3.83. The minimum absolute atomic E-state index is 0. The molecule has 0 radical (unpaired) electrons. The van der Waals surface area contributed by atoms with Gasteiger partial charge in [0.15, 0.2) is 0 Å². The fourth-order valence-electron chi connectivity index (χ4n) is 2.12. The van der Waals surface area contributed by atoms with Gasteiger partial charge in [-0.05, 0) is 38.9 Å². The predicted molar refractivity (Wildman–Crippen MR) is 90.7 cm³/mol. The molecule has 0 saturated heterocycles. The molecule has 122 valence electrons. The maximum atomic E-state index is 12.3. The lowest BCUT2D eigenvalue weighted by atomic mass is 10.1. The van der Waals surface area contributed by atoms with Crippen molar-refractivity contribution in [3.05, 3.63) is 29.8 Å². The molecule has 1 aromatic rings. The zero-order valence-corrected chi connectivity index (χ0v) is 14.1. The molecule has 0 heterocycles. The SMILES string of the molecule is CNC(C)CNC(=O)c1ccccc1N(C)C(=O)C1CC1.Cl. The van der Waals surface area contributed by atoms with E-state index in [0.717, 1.165) is 12.8 Å². The predicted octanol–water partition coefficient (Wildman–Crippen LogP) is 1.82. The van der Waals surface area contributed by atoms with Gasteiger partial charge in [-0.15, -0.1) is 12.4 Å². The number of para-hydroxylation sites is 1. The number of nitrogens with zero attached hydrogens (tertiary/aromatic N) is 1. The van der Waals surface area contributed by atoms with Crippen LogP contribution in [0.25, 0.3) is 0 Å². The van der Waals surface area contributed by atoms with Crippen molar-refractivity contribution in [2.24, 2.45) is 5.92 Å². The van der Waals surface area contributed by atoms with E-state index >= 15 is 0 Å². The molecular weight excluding hydrogens is 302 g/mol. The zero-order chi connectivity index (χ0) is 15.4. The van der Waals surface area contributed by atoms with Crippen LogP contribution >= 0.6 is 12.4 Å². The standard InChI is InChI=1S/C16H23N3O2.ClH/c1-11(17-2)10-18-15(20)13-6-4-5-7-14(13)19(3)16(21)12-8-9-12;/h4-7,11-12,17H,8-10H2,1-3H3,(H,18,20);1H. The number of carbonyl (C=O) groups is 2. The summed E-state index contributed by atoms with van der Waals surface area (Å²) >= 11 is 0. The van der Waals surface area contributed by atoms with E-state index in [1.807, 2.05) is 32.2 Å². The summed E-state index contributed by atoms with van der Waals surface area (Å²) in [4.78, 5) is 26.1. The maximum Gasteiger partial charge on any atom is 0.253 e. The molecule has 0 bridgehead atoms. The van der Waals surface area contributed by atoms with Crippen molar-refractivity contribution >= 4 is 29.9 Å². The molecule has 1 saturated carbocycles. The highest BCUT2D eigenvalue weighted by molar-refractivity contribution is 6.05. The summed E-state index contributed by atoms with van der Waals surface area (Å²) in [6, 6.07) is 7.43. The molecule has 0 spiro atoms. The lowest BCUT2D eigenvalue weighted by Crippen LogP contribution is -2.38. The second kappa shape index (κ2) is 8.15. The van der Waals surface area contributed by atoms with Gasteiger partial charge in [-0.3, -0.25) is 9.59 Å². The first kappa shape index (κ1) is 18.5. The van der Waals surface area contributed by atoms with Crippen molar-refractivity contribution in [3.8, 4) is 0 Å². The van der Waals surface area contributed by atoms with Gasteiger partial charge >= 0.3 is 0 Å². The largest absolute Gasteiger partial charge is 0.350 e. The molecule has 2 rings (SSSR count). The van der Waals surface area contributed by atoms with Crippen LogP contribution in [0.4, 0.5) is 5.69 Å². The van der Waals surface area contributed by atoms with E-state index in [4.69, 9.17) is 0 Å². The van der Waals surface area contributed by atoms with Crippen LogP contribution < -0.4 is 15.5 Å². The second-order valence-electron chi connectivity index (χ2n) is 5.59. The topological polar surface area (TPSA) is 61.4 Å². The van der Waals surface area contributed by atoms with Crippen molar-refractivity contribution in [1.82, 2.24) is 10.6 Å². The number of anilines is 1. The highest BCUT2D eigenvalue weighted by Crippen LogP contribution is 2.33. The van der Waals surface area contributed by atoms with Gasteiger partial charge in [-0.25, -0.2) is 0 Å². The molecule has 1 fully saturated rings. The molecule has 5 nitrogen and oxygen atoms in total. The van der Waals surface area contributed by atoms with E-state index in [2.05, 4.69) is 10.6 Å². The Kier molecular flexibility index (Phi) is 6.84. The van der Waals surface area contributed by atoms with Gasteiger partial charge in [0.05, 0.1) is 11.3 Å². The smallest absolute Gasteiger partial charge is 0.253 e. The molecule has 0 aromatic heterocycles. The zero-order valence-electron chi connectivity index (χ0n) is 13.3. The van der Waals surface area contributed by atoms with E-state index in [1.165, 1.54) is 0 Å². The Bertz CT molecular complexity index is 532. The summed E-state index contributed by atoms with van der Waals surface area (Å²) in [7, 11) is 3.59. The molecule has 0 aliphatic heterocycles. The lowest BCUT2D eigenvalue weighted by Gasteiger charge is -2.21. The van der Waals surface area contributed by atoms with Gasteiger partial charge in [0.25, 0.3) is 5.91 Å². The molecule has 1 unspecified atom stereocenters. The second-order valence-corrected chi connectivity index (χ2v) is 5.59. The normalized spacial score (nSPS) is 14.7. The maximum absolute atomic E-state index is 12.3. The molecule has 1 atom stereocenters. The number of hydrogen-bond acceptors (Lipinski definition) is 3. The highest BCUT2D eigenvalue weighted by atomic mass is 35.5. The summed E-state index contributed by atoms with van der Waals surface area (Å²) in [5.74, 6) is 0.0809. The molecule has 1 aromatic carbocycles. The highest BCUT2D eigenvalue weighted by Gasteiger charge is 2.33. The molecule has 1 aliphatic carbocycles. The van der Waals surface area contributed by atoms with Crippen LogP contribution in [0.15, 0.2) is 24.3 Å². The number of carbonyl (C=O) groups excluding carboxylic acids is 2. The molecular formula is C16H24ClN3O2. The van der Waals surface area contributed by atoms with Gasteiger partial charge in [0.1, 0.15) is 0 Å². The van der Waals surface area contributed by atoms with Crippen LogP contribution in [0.1, 0.15) is 30.1 Å². The number of amides is 2. The number of halogens is 1. The first-order valence-corrected chi connectivity index (χ1v) is 7.36. The molecule has 2 N–H and O–H groups in total. The fourth-order valence-corrected chi connectivity index (χ4v) is 2.12. The lowest BCUT2D eigenvalue weighted by molar-refractivity contribution is -0.119. The Balaban J connectivity index is 0.00000242. The summed E-state index contributed by atoms with van der Waals surface area (Å²) in [6.07, 6.45) is 1.91. The van der Waals surface area contributed by atoms with Crippen molar-refractivity contribution in [3.63, 3.8) is 0 Å². The third kappa shape index (κ3) is 4.45. The number of likely N-dealkylation sites (N-methyl/N-ethyl adjacent to an activating group) is 1. The third-order valence-electron chi connectivity index (χ3n) is 3.83. The summed E-state index contributed by atoms with van der Waals surface area (Å²) in [6.45, 7) is 2.54. The number of benzene rings is 1. The Morgan fingerprint density at radius 2 is 1.95 bits per heavy atom. The van der Waals surface area contributed by atoms with E-state index in [1.54, 1.807) is 18.0 Å². The first-order valence-electron chi connectivity index (χ1n) is 7.36. The first-order chi connectivity index (χ1) is 10.0. The van der Waals surface area contributed by atoms with Crippen LogP contribution in [0.2, 0.25) is 0 Å². The van der Waals surface area contributed by atoms with Crippen LogP contribution in [0, 0.1) is 5.92 Å². The molecule has 6 heteroatoms. The van der Waals surface area contributed by atoms with E-state index in [9.17, 15) is 9.59 Å². The Morgan fingerprint density at radius 1 is 1.32 bits per heavy atom. The van der Waals surface area contributed by atoms with Crippen molar-refractivity contribution in [2.45, 2.75) is 25.8 Å². The molecule has 22 heavy (non-hydrogen) atoms. The Labute approximate surface area is 137 Å². The van der Waals surface area contributed by atoms with E-state index in [-0.39, 0.29) is 36.2 Å². The minimum atomic E-state index is -0.150. The average molecular weight is 326 g/mol. The fraction of sp³-hybridized carbons (Fsp3) is 0.500. The van der Waals surface area contributed by atoms with Gasteiger partial charge in [-0.2, -0.15) is 0 Å². The minimum Gasteiger partial charge on any atom is -0.350 e. The number of hydrogen-bond donors (Lipinski definition) is 2. The number of nitrogens with one attached hydrogen (secondary N) is 2. The number of rotatable bonds is 6. The Hall–Kier alpha value is -1.59. The quantitative estimate of drug-likeness (QED) is 0.838. The van der Waals surface area contributed by atoms with E-state index < -0.39 is 0 Å². The van der Waals surface area contributed by atoms with Crippen molar-refractivity contribution in [1.29, 1.82) is 0 Å². The average Bonchev–Trinajstić information content (AvgIpc) is 3.35. The van der Waals surface area contributed by atoms with Crippen LogP contribution in [-0.4, -0.2) is 38.5 Å². The van der Waals surface area contributed by atoms with Crippen molar-refractivity contribution in [2.75, 3.05) is 25.5 Å². The van der Waals surface area contributed by atoms with Gasteiger partial charge < -0.3 is 15.5 Å². The van der Waals surface area contributed by atoms with Crippen molar-refractivity contribution < 1.29 is 9.59 Å². The van der Waals surface area contributed by atoms with Gasteiger partial charge in [0.2, 0.25) is 5.91 Å². The summed E-state index contributed by atoms with van der Waals surface area (Å²) in [5, 5.41) is 5.96. The van der Waals surface area contributed by atoms with Crippen LogP contribution in [0.3, 0.4) is 0 Å². The van der Waals surface area contributed by atoms with Gasteiger partial charge in [0, 0.05) is 25.6 Å². The molecule has 2 amide bonds. The van der Waals surface area contributed by atoms with Crippen LogP contribution in [0.5, 0.6) is 0 Å². The summed E-state index contributed by atoms with van der Waals surface area (Å²) in [5.41, 5.74) is 1.21. The Morgan fingerprint density at radius 3 is 2.55 bits per heavy atom. The van der Waals surface area contributed by atoms with E-state index in [0.29, 0.717) is 17.8 Å². The van der Waals surface area contributed by atoms with Crippen LogP contribution in [-0.2, 0) is 4.79 Å².